The van der Waals surface area contributed by atoms with Crippen LogP contribution in [0.4, 0.5) is 4.39 Å². The SMILES string of the molecule is CCOC(=O)c1c(C)[nH]c(C(=O)[C@H](C)N(C)CCOc2ccccc2F)c1C. The first-order valence-electron chi connectivity index (χ1n) is 9.25. The molecular weight excluding hydrogens is 363 g/mol. The first kappa shape index (κ1) is 21.6. The fourth-order valence-electron chi connectivity index (χ4n) is 2.97. The number of hydrogen-bond donors (Lipinski definition) is 1. The normalized spacial score (nSPS) is 12.1. The van der Waals surface area contributed by atoms with Crippen LogP contribution in [0.1, 0.15) is 46.0 Å². The second-order valence-corrected chi connectivity index (χ2v) is 6.65. The van der Waals surface area contributed by atoms with E-state index < -0.39 is 17.8 Å². The van der Waals surface area contributed by atoms with Crippen LogP contribution in [0.25, 0.3) is 0 Å². The predicted octanol–water partition coefficient (Wildman–Crippen LogP) is 3.53. The number of ketones is 1. The van der Waals surface area contributed by atoms with Crippen LogP contribution in [0.15, 0.2) is 24.3 Å². The third-order valence-corrected chi connectivity index (χ3v) is 4.74. The first-order chi connectivity index (χ1) is 13.3. The van der Waals surface area contributed by atoms with E-state index in [1.807, 2.05) is 4.90 Å². The summed E-state index contributed by atoms with van der Waals surface area (Å²) in [6.07, 6.45) is 0. The summed E-state index contributed by atoms with van der Waals surface area (Å²) in [7, 11) is 1.80. The maximum Gasteiger partial charge on any atom is 0.340 e. The lowest BCUT2D eigenvalue weighted by Gasteiger charge is -2.23. The Kier molecular flexibility index (Phi) is 7.34. The lowest BCUT2D eigenvalue weighted by Crippen LogP contribution is -2.39. The summed E-state index contributed by atoms with van der Waals surface area (Å²) in [5, 5.41) is 0. The molecule has 1 heterocycles. The second kappa shape index (κ2) is 9.50. The van der Waals surface area contributed by atoms with Gasteiger partial charge in [0, 0.05) is 12.2 Å². The molecule has 1 atom stereocenters. The summed E-state index contributed by atoms with van der Waals surface area (Å²) in [4.78, 5) is 29.9. The molecule has 0 saturated carbocycles. The van der Waals surface area contributed by atoms with Crippen LogP contribution in [0.5, 0.6) is 5.75 Å². The van der Waals surface area contributed by atoms with Gasteiger partial charge in [-0.2, -0.15) is 0 Å². The van der Waals surface area contributed by atoms with Crippen LogP contribution in [0.2, 0.25) is 0 Å². The van der Waals surface area contributed by atoms with Crippen molar-refractivity contribution in [2.75, 3.05) is 26.8 Å². The summed E-state index contributed by atoms with van der Waals surface area (Å²) in [6, 6.07) is 5.75. The number of rotatable bonds is 9. The van der Waals surface area contributed by atoms with Gasteiger partial charge < -0.3 is 14.5 Å². The molecule has 1 aromatic carbocycles. The van der Waals surface area contributed by atoms with Crippen molar-refractivity contribution >= 4 is 11.8 Å². The molecule has 152 valence electrons. The number of aromatic nitrogens is 1. The zero-order chi connectivity index (χ0) is 20.8. The van der Waals surface area contributed by atoms with Gasteiger partial charge in [-0.15, -0.1) is 0 Å². The molecule has 0 aliphatic heterocycles. The summed E-state index contributed by atoms with van der Waals surface area (Å²) < 4.78 is 24.1. The largest absolute Gasteiger partial charge is 0.489 e. The zero-order valence-corrected chi connectivity index (χ0v) is 17.0. The standard InChI is InChI=1S/C21H27FN2O4/c1-6-27-21(26)18-13(2)19(23-14(18)3)20(25)15(4)24(5)11-12-28-17-10-8-7-9-16(17)22/h7-10,15,23H,6,11-12H2,1-5H3/t15-/m0/s1. The van der Waals surface area contributed by atoms with E-state index in [1.54, 1.807) is 52.9 Å². The van der Waals surface area contributed by atoms with Crippen molar-refractivity contribution in [1.82, 2.24) is 9.88 Å². The number of para-hydroxylation sites is 1. The molecule has 0 saturated heterocycles. The quantitative estimate of drug-likeness (QED) is 0.524. The van der Waals surface area contributed by atoms with Crippen LogP contribution < -0.4 is 4.74 Å². The number of ether oxygens (including phenoxy) is 2. The van der Waals surface area contributed by atoms with Gasteiger partial charge in [0.2, 0.25) is 0 Å². The van der Waals surface area contributed by atoms with Gasteiger partial charge in [0.05, 0.1) is 23.9 Å². The molecule has 0 fully saturated rings. The van der Waals surface area contributed by atoms with Crippen LogP contribution in [0.3, 0.4) is 0 Å². The molecule has 2 rings (SSSR count). The Morgan fingerprint density at radius 3 is 2.57 bits per heavy atom. The second-order valence-electron chi connectivity index (χ2n) is 6.65. The van der Waals surface area contributed by atoms with Crippen LogP contribution in [-0.4, -0.2) is 54.5 Å². The summed E-state index contributed by atoms with van der Waals surface area (Å²) >= 11 is 0. The summed E-state index contributed by atoms with van der Waals surface area (Å²) in [5.41, 5.74) is 2.00. The van der Waals surface area contributed by atoms with E-state index in [-0.39, 0.29) is 24.7 Å². The van der Waals surface area contributed by atoms with E-state index in [9.17, 15) is 14.0 Å². The van der Waals surface area contributed by atoms with Crippen molar-refractivity contribution in [2.24, 2.45) is 0 Å². The van der Waals surface area contributed by atoms with Crippen molar-refractivity contribution in [3.05, 3.63) is 52.6 Å². The molecule has 0 spiro atoms. The number of nitrogens with one attached hydrogen (secondary N) is 1. The smallest absolute Gasteiger partial charge is 0.340 e. The van der Waals surface area contributed by atoms with E-state index in [0.29, 0.717) is 29.1 Å². The molecule has 2 aromatic rings. The topological polar surface area (TPSA) is 71.6 Å². The van der Waals surface area contributed by atoms with Crippen molar-refractivity contribution in [2.45, 2.75) is 33.7 Å². The van der Waals surface area contributed by atoms with E-state index in [1.165, 1.54) is 6.07 Å². The van der Waals surface area contributed by atoms with E-state index >= 15 is 0 Å². The van der Waals surface area contributed by atoms with Crippen LogP contribution in [-0.2, 0) is 4.74 Å². The Balaban J connectivity index is 2.02. The predicted molar refractivity (Wildman–Crippen MR) is 105 cm³/mol. The van der Waals surface area contributed by atoms with E-state index in [0.717, 1.165) is 0 Å². The Hall–Kier alpha value is -2.67. The number of Topliss-reactive ketones (excluding diaryl/α,β-unsaturated/α-hetero) is 1. The minimum absolute atomic E-state index is 0.135. The Bertz CT molecular complexity index is 847. The number of esters is 1. The number of H-pyrrole nitrogens is 1. The Morgan fingerprint density at radius 2 is 1.93 bits per heavy atom. The molecule has 7 heteroatoms. The van der Waals surface area contributed by atoms with Gasteiger partial charge in [0.15, 0.2) is 17.3 Å². The molecule has 0 amide bonds. The molecule has 6 nitrogen and oxygen atoms in total. The number of carbonyl (C=O) groups is 2. The lowest BCUT2D eigenvalue weighted by atomic mass is 10.0. The number of aromatic amines is 1. The van der Waals surface area contributed by atoms with Gasteiger partial charge in [-0.3, -0.25) is 9.69 Å². The molecule has 0 aliphatic carbocycles. The maximum atomic E-state index is 13.6. The Labute approximate surface area is 164 Å². The average molecular weight is 390 g/mol. The van der Waals surface area contributed by atoms with Gasteiger partial charge >= 0.3 is 5.97 Å². The number of carbonyl (C=O) groups excluding carboxylic acids is 2. The molecule has 0 unspecified atom stereocenters. The van der Waals surface area contributed by atoms with Crippen LogP contribution >= 0.6 is 0 Å². The zero-order valence-electron chi connectivity index (χ0n) is 17.0. The number of halogens is 1. The highest BCUT2D eigenvalue weighted by atomic mass is 19.1. The molecule has 0 bridgehead atoms. The fraction of sp³-hybridized carbons (Fsp3) is 0.429. The number of likely N-dealkylation sites (N-methyl/N-ethyl adjacent to an activating group) is 1. The molecule has 1 aromatic heterocycles. The number of benzene rings is 1. The average Bonchev–Trinajstić information content (AvgIpc) is 2.96. The summed E-state index contributed by atoms with van der Waals surface area (Å²) in [5.74, 6) is -0.806. The first-order valence-corrected chi connectivity index (χ1v) is 9.25. The highest BCUT2D eigenvalue weighted by Crippen LogP contribution is 2.21. The monoisotopic (exact) mass is 390 g/mol. The number of hydrogen-bond acceptors (Lipinski definition) is 5. The molecular formula is C21H27FN2O4. The molecule has 28 heavy (non-hydrogen) atoms. The third-order valence-electron chi connectivity index (χ3n) is 4.74. The minimum Gasteiger partial charge on any atom is -0.489 e. The maximum absolute atomic E-state index is 13.6. The van der Waals surface area contributed by atoms with Crippen molar-refractivity contribution in [3.63, 3.8) is 0 Å². The molecule has 0 radical (unpaired) electrons. The van der Waals surface area contributed by atoms with Gasteiger partial charge in [-0.05, 0) is 52.4 Å². The van der Waals surface area contributed by atoms with Gasteiger partial charge in [0.25, 0.3) is 0 Å². The van der Waals surface area contributed by atoms with Gasteiger partial charge in [0.1, 0.15) is 6.61 Å². The third kappa shape index (κ3) is 4.78. The molecule has 1 N–H and O–H groups in total. The number of nitrogens with zero attached hydrogens (tertiary/aromatic N) is 1. The van der Waals surface area contributed by atoms with E-state index in [2.05, 4.69) is 4.98 Å². The highest BCUT2D eigenvalue weighted by molar-refractivity contribution is 6.03. The summed E-state index contributed by atoms with van der Waals surface area (Å²) in [6.45, 7) is 7.94. The lowest BCUT2D eigenvalue weighted by molar-refractivity contribution is 0.0525. The van der Waals surface area contributed by atoms with Gasteiger partial charge in [-0.25, -0.2) is 9.18 Å². The molecule has 0 aliphatic rings. The van der Waals surface area contributed by atoms with E-state index in [4.69, 9.17) is 9.47 Å². The van der Waals surface area contributed by atoms with Gasteiger partial charge in [-0.1, -0.05) is 12.1 Å². The number of aryl methyl sites for hydroxylation is 1. The minimum atomic E-state index is -0.448. The highest BCUT2D eigenvalue weighted by Gasteiger charge is 2.27. The van der Waals surface area contributed by atoms with Crippen molar-refractivity contribution in [1.29, 1.82) is 0 Å². The van der Waals surface area contributed by atoms with Crippen molar-refractivity contribution < 1.29 is 23.5 Å². The Morgan fingerprint density at radius 1 is 1.25 bits per heavy atom. The fourth-order valence-corrected chi connectivity index (χ4v) is 2.97. The van der Waals surface area contributed by atoms with Crippen LogP contribution in [0, 0.1) is 19.7 Å². The van der Waals surface area contributed by atoms with Crippen molar-refractivity contribution in [3.8, 4) is 5.75 Å².